The second kappa shape index (κ2) is 8.69. The van der Waals surface area contributed by atoms with Gasteiger partial charge in [-0.3, -0.25) is 9.97 Å². The van der Waals surface area contributed by atoms with Gasteiger partial charge in [-0.25, -0.2) is 13.5 Å². The predicted molar refractivity (Wildman–Crippen MR) is 104 cm³/mol. The molecule has 7 nitrogen and oxygen atoms in total. The second-order valence-corrected chi connectivity index (χ2v) is 7.43. The molecular formula is C21H13F7N6O. The molecule has 0 saturated carbocycles. The molecule has 0 fully saturated rings. The van der Waals surface area contributed by atoms with Crippen LogP contribution in [0.4, 0.5) is 30.7 Å². The van der Waals surface area contributed by atoms with Crippen molar-refractivity contribution in [2.24, 2.45) is 0 Å². The van der Waals surface area contributed by atoms with Crippen LogP contribution >= 0.6 is 0 Å². The minimum absolute atomic E-state index is 0.0221. The van der Waals surface area contributed by atoms with Crippen LogP contribution in [0.1, 0.15) is 16.8 Å². The summed E-state index contributed by atoms with van der Waals surface area (Å²) in [7, 11) is 0. The molecule has 35 heavy (non-hydrogen) atoms. The Kier molecular flexibility index (Phi) is 6.00. The summed E-state index contributed by atoms with van der Waals surface area (Å²) in [6.45, 7) is -1.03. The van der Waals surface area contributed by atoms with Crippen LogP contribution in [0.15, 0.2) is 61.2 Å². The molecule has 1 unspecified atom stereocenters. The Morgan fingerprint density at radius 3 is 2.20 bits per heavy atom. The van der Waals surface area contributed by atoms with Crippen molar-refractivity contribution in [2.45, 2.75) is 24.2 Å². The van der Waals surface area contributed by atoms with E-state index in [1.54, 1.807) is 0 Å². The van der Waals surface area contributed by atoms with Gasteiger partial charge in [-0.05, 0) is 46.8 Å². The molecule has 0 radical (unpaired) electrons. The van der Waals surface area contributed by atoms with E-state index in [0.717, 1.165) is 41.5 Å². The Morgan fingerprint density at radius 1 is 0.886 bits per heavy atom. The number of pyridine rings is 2. The van der Waals surface area contributed by atoms with Crippen LogP contribution in [0.2, 0.25) is 0 Å². The maximum Gasteiger partial charge on any atom is 0.417 e. The molecule has 1 atom stereocenters. The monoisotopic (exact) mass is 498 g/mol. The summed E-state index contributed by atoms with van der Waals surface area (Å²) in [5.41, 5.74) is -6.13. The van der Waals surface area contributed by atoms with E-state index in [-0.39, 0.29) is 11.3 Å². The van der Waals surface area contributed by atoms with Crippen molar-refractivity contribution in [1.29, 1.82) is 0 Å². The topological polar surface area (TPSA) is 89.6 Å². The van der Waals surface area contributed by atoms with E-state index in [1.165, 1.54) is 0 Å². The van der Waals surface area contributed by atoms with Crippen LogP contribution in [0.5, 0.6) is 0 Å². The lowest BCUT2D eigenvalue weighted by Gasteiger charge is -2.35. The molecule has 3 heterocycles. The fourth-order valence-electron chi connectivity index (χ4n) is 3.34. The standard InChI is InChI=1S/C21H13F7N6O/c22-14-3-4-15(16(23)7-14)19(35,10-34-11-31-32-33-34)20(24,25)18-6-1-12(8-30-18)17-5-2-13(9-29-17)21(26,27)28/h1-9,11,35H,10H2. The first-order valence-corrected chi connectivity index (χ1v) is 9.68. The third-order valence-electron chi connectivity index (χ3n) is 5.15. The molecule has 182 valence electrons. The summed E-state index contributed by atoms with van der Waals surface area (Å²) in [6.07, 6.45) is -2.19. The van der Waals surface area contributed by atoms with Gasteiger partial charge >= 0.3 is 12.1 Å². The molecule has 0 aliphatic rings. The number of nitrogens with zero attached hydrogens (tertiary/aromatic N) is 6. The molecule has 4 aromatic rings. The first-order chi connectivity index (χ1) is 16.4. The van der Waals surface area contributed by atoms with Crippen molar-refractivity contribution in [2.75, 3.05) is 0 Å². The lowest BCUT2D eigenvalue weighted by Crippen LogP contribution is -2.48. The molecule has 3 aromatic heterocycles. The Labute approximate surface area is 191 Å². The number of aromatic nitrogens is 6. The van der Waals surface area contributed by atoms with Crippen LogP contribution in [0.3, 0.4) is 0 Å². The van der Waals surface area contributed by atoms with Crippen molar-refractivity contribution in [3.63, 3.8) is 0 Å². The zero-order chi connectivity index (χ0) is 25.4. The minimum Gasteiger partial charge on any atom is -0.377 e. The SMILES string of the molecule is OC(Cn1cnnn1)(c1ccc(F)cc1F)C(F)(F)c1ccc(-c2ccc(C(F)(F)F)cn2)cn1. The summed E-state index contributed by atoms with van der Waals surface area (Å²) in [6, 6.07) is 5.43. The summed E-state index contributed by atoms with van der Waals surface area (Å²) < 4.78 is 98.2. The van der Waals surface area contributed by atoms with Gasteiger partial charge in [0.25, 0.3) is 0 Å². The van der Waals surface area contributed by atoms with Gasteiger partial charge in [-0.1, -0.05) is 0 Å². The van der Waals surface area contributed by atoms with E-state index in [1.807, 2.05) is 0 Å². The number of rotatable bonds is 6. The van der Waals surface area contributed by atoms with Gasteiger partial charge in [0.05, 0.1) is 17.8 Å². The largest absolute Gasteiger partial charge is 0.417 e. The molecule has 0 aliphatic heterocycles. The zero-order valence-electron chi connectivity index (χ0n) is 17.3. The molecule has 0 amide bonds. The summed E-state index contributed by atoms with van der Waals surface area (Å²) in [5.74, 6) is -6.76. The number of hydrogen-bond acceptors (Lipinski definition) is 6. The fraction of sp³-hybridized carbons (Fsp3) is 0.190. The van der Waals surface area contributed by atoms with Crippen molar-refractivity contribution < 1.29 is 35.8 Å². The Bertz CT molecular complexity index is 1310. The van der Waals surface area contributed by atoms with Gasteiger partial charge in [0.1, 0.15) is 23.7 Å². The number of benzene rings is 1. The van der Waals surface area contributed by atoms with Crippen LogP contribution in [0.25, 0.3) is 11.3 Å². The minimum atomic E-state index is -4.60. The quantitative estimate of drug-likeness (QED) is 0.403. The van der Waals surface area contributed by atoms with Gasteiger partial charge in [0.15, 0.2) is 5.60 Å². The van der Waals surface area contributed by atoms with Gasteiger partial charge < -0.3 is 5.11 Å². The van der Waals surface area contributed by atoms with E-state index < -0.39 is 52.7 Å². The zero-order valence-corrected chi connectivity index (χ0v) is 17.3. The van der Waals surface area contributed by atoms with Crippen molar-refractivity contribution in [3.8, 4) is 11.3 Å². The summed E-state index contributed by atoms with van der Waals surface area (Å²) >= 11 is 0. The molecule has 0 spiro atoms. The molecule has 1 aromatic carbocycles. The molecular weight excluding hydrogens is 485 g/mol. The number of alkyl halides is 5. The molecule has 4 rings (SSSR count). The van der Waals surface area contributed by atoms with Crippen LogP contribution in [-0.4, -0.2) is 35.3 Å². The summed E-state index contributed by atoms with van der Waals surface area (Å²) in [5, 5.41) is 21.1. The Morgan fingerprint density at radius 2 is 1.66 bits per heavy atom. The number of halogens is 7. The third-order valence-corrected chi connectivity index (χ3v) is 5.15. The molecule has 0 aliphatic carbocycles. The Balaban J connectivity index is 1.73. The predicted octanol–water partition coefficient (Wildman–Crippen LogP) is 4.11. The molecule has 1 N–H and O–H groups in total. The van der Waals surface area contributed by atoms with Gasteiger partial charge in [-0.2, -0.15) is 22.0 Å². The fourth-order valence-corrected chi connectivity index (χ4v) is 3.34. The van der Waals surface area contributed by atoms with Gasteiger partial charge in [0.2, 0.25) is 0 Å². The highest BCUT2D eigenvalue weighted by molar-refractivity contribution is 5.58. The van der Waals surface area contributed by atoms with Gasteiger partial charge in [-0.15, -0.1) is 5.10 Å². The van der Waals surface area contributed by atoms with E-state index in [0.29, 0.717) is 24.4 Å². The summed E-state index contributed by atoms with van der Waals surface area (Å²) in [4.78, 5) is 7.30. The van der Waals surface area contributed by atoms with Crippen LogP contribution in [0, 0.1) is 11.6 Å². The third kappa shape index (κ3) is 4.56. The van der Waals surface area contributed by atoms with Crippen molar-refractivity contribution in [3.05, 3.63) is 89.6 Å². The first-order valence-electron chi connectivity index (χ1n) is 9.68. The maximum absolute atomic E-state index is 15.7. The smallest absolute Gasteiger partial charge is 0.377 e. The molecule has 0 bridgehead atoms. The average molecular weight is 498 g/mol. The average Bonchev–Trinajstić information content (AvgIpc) is 3.31. The van der Waals surface area contributed by atoms with Crippen LogP contribution in [-0.2, 0) is 24.2 Å². The normalized spacial score (nSPS) is 14.1. The lowest BCUT2D eigenvalue weighted by molar-refractivity contribution is -0.207. The van der Waals surface area contributed by atoms with E-state index in [9.17, 15) is 27.1 Å². The number of hydrogen-bond donors (Lipinski definition) is 1. The second-order valence-electron chi connectivity index (χ2n) is 7.43. The van der Waals surface area contributed by atoms with E-state index >= 15 is 8.78 Å². The van der Waals surface area contributed by atoms with Gasteiger partial charge in [0, 0.05) is 29.6 Å². The highest BCUT2D eigenvalue weighted by atomic mass is 19.4. The van der Waals surface area contributed by atoms with Crippen LogP contribution < -0.4 is 0 Å². The number of aliphatic hydroxyl groups is 1. The van der Waals surface area contributed by atoms with E-state index in [4.69, 9.17) is 0 Å². The lowest BCUT2D eigenvalue weighted by atomic mass is 9.84. The molecule has 14 heteroatoms. The van der Waals surface area contributed by atoms with Crippen molar-refractivity contribution in [1.82, 2.24) is 30.2 Å². The Hall–Kier alpha value is -3.94. The van der Waals surface area contributed by atoms with Crippen molar-refractivity contribution >= 4 is 0 Å². The maximum atomic E-state index is 15.7. The highest BCUT2D eigenvalue weighted by Gasteiger charge is 2.58. The highest BCUT2D eigenvalue weighted by Crippen LogP contribution is 2.46. The van der Waals surface area contributed by atoms with E-state index in [2.05, 4.69) is 25.5 Å². The first kappa shape index (κ1) is 24.2. The molecule has 0 saturated heterocycles. The number of tetrazole rings is 1.